The van der Waals surface area contributed by atoms with Crippen molar-refractivity contribution in [2.45, 2.75) is 76.3 Å². The monoisotopic (exact) mass is 412 g/mol. The van der Waals surface area contributed by atoms with E-state index in [1.54, 1.807) is 22.1 Å². The summed E-state index contributed by atoms with van der Waals surface area (Å²) in [5, 5.41) is 9.42. The zero-order valence-electron chi connectivity index (χ0n) is 17.7. The number of likely N-dealkylation sites (tertiary alicyclic amines) is 2. The Labute approximate surface area is 176 Å². The molecule has 1 aliphatic carbocycles. The minimum absolute atomic E-state index is 0.0244. The van der Waals surface area contributed by atoms with Crippen molar-refractivity contribution >= 4 is 12.0 Å². The van der Waals surface area contributed by atoms with Gasteiger partial charge in [-0.05, 0) is 58.4 Å². The largest absolute Gasteiger partial charge is 0.472 e. The lowest BCUT2D eigenvalue weighted by Gasteiger charge is -2.40. The van der Waals surface area contributed by atoms with Crippen molar-refractivity contribution in [3.63, 3.8) is 0 Å². The van der Waals surface area contributed by atoms with Gasteiger partial charge in [0.15, 0.2) is 0 Å². The third kappa shape index (κ3) is 3.81. The fraction of sp³-hybridized carbons (Fsp3) is 0.636. The molecule has 0 unspecified atom stereocenters. The van der Waals surface area contributed by atoms with E-state index in [2.05, 4.69) is 11.1 Å². The van der Waals surface area contributed by atoms with Crippen LogP contribution in [0.1, 0.15) is 46.5 Å². The highest BCUT2D eigenvalue weighted by Crippen LogP contribution is 2.45. The third-order valence-electron chi connectivity index (χ3n) is 6.06. The Morgan fingerprint density at radius 1 is 1.27 bits per heavy atom. The molecule has 1 saturated carbocycles. The Balaban J connectivity index is 1.58. The molecular weight excluding hydrogens is 384 g/mol. The van der Waals surface area contributed by atoms with Crippen molar-refractivity contribution in [3.8, 4) is 11.9 Å². The van der Waals surface area contributed by atoms with Crippen molar-refractivity contribution in [3.05, 3.63) is 24.4 Å². The molecule has 2 saturated heterocycles. The molecular formula is C22H28N4O4. The Kier molecular flexibility index (Phi) is 5.31. The molecule has 2 bridgehead atoms. The summed E-state index contributed by atoms with van der Waals surface area (Å²) < 4.78 is 11.7. The molecule has 0 N–H and O–H groups in total. The Bertz CT molecular complexity index is 847. The van der Waals surface area contributed by atoms with Crippen LogP contribution in [0.2, 0.25) is 0 Å². The molecule has 3 aliphatic rings. The summed E-state index contributed by atoms with van der Waals surface area (Å²) in [6.45, 7) is 5.99. The first-order valence-electron chi connectivity index (χ1n) is 10.6. The molecule has 30 heavy (non-hydrogen) atoms. The van der Waals surface area contributed by atoms with E-state index in [9.17, 15) is 14.9 Å². The number of amides is 2. The molecule has 0 aromatic carbocycles. The lowest BCUT2D eigenvalue weighted by molar-refractivity contribution is -0.139. The van der Waals surface area contributed by atoms with E-state index in [0.717, 1.165) is 6.42 Å². The van der Waals surface area contributed by atoms with E-state index < -0.39 is 23.8 Å². The van der Waals surface area contributed by atoms with Crippen LogP contribution in [-0.2, 0) is 9.53 Å². The number of rotatable bonds is 3. The van der Waals surface area contributed by atoms with Crippen molar-refractivity contribution in [2.24, 2.45) is 5.92 Å². The average molecular weight is 412 g/mol. The second kappa shape index (κ2) is 7.78. The SMILES string of the molecule is CC(C)(C)OC(=O)N1[C@@H]2C[C@@H](C[C@H]2Oc2ccccn2)[C@H]1C(=O)N1CCC[C@H]1C#N. The molecule has 1 aromatic rings. The topological polar surface area (TPSA) is 95.8 Å². The average Bonchev–Trinajstić information content (AvgIpc) is 3.40. The quantitative estimate of drug-likeness (QED) is 0.757. The predicted octanol–water partition coefficient (Wildman–Crippen LogP) is 2.74. The van der Waals surface area contributed by atoms with Crippen LogP contribution in [-0.4, -0.2) is 63.2 Å². The van der Waals surface area contributed by atoms with E-state index in [4.69, 9.17) is 9.47 Å². The van der Waals surface area contributed by atoms with Crippen LogP contribution in [0.5, 0.6) is 5.88 Å². The number of aromatic nitrogens is 1. The fourth-order valence-electron chi connectivity index (χ4n) is 4.91. The van der Waals surface area contributed by atoms with E-state index in [1.807, 2.05) is 32.9 Å². The van der Waals surface area contributed by atoms with Crippen molar-refractivity contribution in [1.82, 2.24) is 14.8 Å². The van der Waals surface area contributed by atoms with E-state index in [-0.39, 0.29) is 24.0 Å². The third-order valence-corrected chi connectivity index (χ3v) is 6.06. The first kappa shape index (κ1) is 20.5. The molecule has 160 valence electrons. The maximum Gasteiger partial charge on any atom is 0.411 e. The zero-order valence-corrected chi connectivity index (χ0v) is 17.7. The maximum atomic E-state index is 13.4. The van der Waals surface area contributed by atoms with Crippen LogP contribution in [0.3, 0.4) is 0 Å². The van der Waals surface area contributed by atoms with Gasteiger partial charge in [0.25, 0.3) is 0 Å². The second-order valence-corrected chi connectivity index (χ2v) is 9.27. The van der Waals surface area contributed by atoms with Gasteiger partial charge in [-0.1, -0.05) is 6.07 Å². The normalized spacial score (nSPS) is 30.3. The molecule has 3 heterocycles. The van der Waals surface area contributed by atoms with Crippen molar-refractivity contribution in [2.75, 3.05) is 6.54 Å². The Morgan fingerprint density at radius 3 is 2.73 bits per heavy atom. The highest BCUT2D eigenvalue weighted by Gasteiger charge is 2.59. The Morgan fingerprint density at radius 2 is 2.07 bits per heavy atom. The van der Waals surface area contributed by atoms with Crippen LogP contribution in [0.15, 0.2) is 24.4 Å². The summed E-state index contributed by atoms with van der Waals surface area (Å²) in [7, 11) is 0. The number of pyridine rings is 1. The molecule has 8 nitrogen and oxygen atoms in total. The summed E-state index contributed by atoms with van der Waals surface area (Å²) >= 11 is 0. The van der Waals surface area contributed by atoms with Gasteiger partial charge < -0.3 is 14.4 Å². The first-order valence-corrected chi connectivity index (χ1v) is 10.6. The number of nitriles is 1. The van der Waals surface area contributed by atoms with Crippen LogP contribution in [0.4, 0.5) is 4.79 Å². The number of fused-ring (bicyclic) bond motifs is 2. The van der Waals surface area contributed by atoms with E-state index in [1.165, 1.54) is 0 Å². The number of hydrogen-bond donors (Lipinski definition) is 0. The number of carbonyl (C=O) groups is 2. The van der Waals surface area contributed by atoms with Crippen LogP contribution in [0, 0.1) is 17.2 Å². The van der Waals surface area contributed by atoms with Gasteiger partial charge in [0.2, 0.25) is 11.8 Å². The smallest absolute Gasteiger partial charge is 0.411 e. The molecule has 4 rings (SSSR count). The summed E-state index contributed by atoms with van der Waals surface area (Å²) in [6.07, 6.45) is 3.75. The van der Waals surface area contributed by atoms with E-state index >= 15 is 0 Å². The van der Waals surface area contributed by atoms with Crippen molar-refractivity contribution in [1.29, 1.82) is 5.26 Å². The number of piperidine rings is 1. The number of nitrogens with zero attached hydrogens (tertiary/aromatic N) is 4. The molecule has 3 fully saturated rings. The molecule has 0 radical (unpaired) electrons. The van der Waals surface area contributed by atoms with E-state index in [0.29, 0.717) is 31.7 Å². The lowest BCUT2D eigenvalue weighted by atomic mass is 9.96. The van der Waals surface area contributed by atoms with Gasteiger partial charge in [0.05, 0.1) is 12.1 Å². The summed E-state index contributed by atoms with van der Waals surface area (Å²) in [6, 6.07) is 6.39. The van der Waals surface area contributed by atoms with Gasteiger partial charge in [-0.15, -0.1) is 0 Å². The minimum atomic E-state index is -0.674. The summed E-state index contributed by atoms with van der Waals surface area (Å²) in [5.74, 6) is 0.337. The standard InChI is InChI=1S/C22H28N4O4/c1-22(2,3)30-21(28)26-16-11-14(12-17(16)29-18-8-4-5-9-24-18)19(26)20(27)25-10-6-7-15(25)13-23/h4-5,8-9,14-17,19H,6-7,10-12H2,1-3H3/t14-,15-,16+,17+,19-/m0/s1. The van der Waals surface area contributed by atoms with Gasteiger partial charge >= 0.3 is 6.09 Å². The van der Waals surface area contributed by atoms with Gasteiger partial charge in [-0.3, -0.25) is 9.69 Å². The molecule has 1 aromatic heterocycles. The fourth-order valence-corrected chi connectivity index (χ4v) is 4.91. The minimum Gasteiger partial charge on any atom is -0.472 e. The lowest BCUT2D eigenvalue weighted by Crippen LogP contribution is -2.59. The Hall–Kier alpha value is -2.82. The number of carbonyl (C=O) groups excluding carboxylic acids is 2. The van der Waals surface area contributed by atoms with Crippen LogP contribution < -0.4 is 4.74 Å². The molecule has 2 amide bonds. The summed E-state index contributed by atoms with van der Waals surface area (Å²) in [5.41, 5.74) is -0.674. The van der Waals surface area contributed by atoms with Gasteiger partial charge in [-0.25, -0.2) is 9.78 Å². The van der Waals surface area contributed by atoms with Crippen molar-refractivity contribution < 1.29 is 19.1 Å². The van der Waals surface area contributed by atoms with Gasteiger partial charge in [-0.2, -0.15) is 5.26 Å². The summed E-state index contributed by atoms with van der Waals surface area (Å²) in [4.78, 5) is 34.0. The second-order valence-electron chi connectivity index (χ2n) is 9.27. The zero-order chi connectivity index (χ0) is 21.5. The maximum absolute atomic E-state index is 13.4. The molecule has 0 spiro atoms. The van der Waals surface area contributed by atoms with Gasteiger partial charge in [0, 0.05) is 18.8 Å². The van der Waals surface area contributed by atoms with Gasteiger partial charge in [0.1, 0.15) is 23.8 Å². The predicted molar refractivity (Wildman–Crippen MR) is 107 cm³/mol. The number of ether oxygens (including phenoxy) is 2. The first-order chi connectivity index (χ1) is 14.3. The molecule has 5 atom stereocenters. The molecule has 2 aliphatic heterocycles. The van der Waals surface area contributed by atoms with Crippen LogP contribution in [0.25, 0.3) is 0 Å². The number of hydrogen-bond acceptors (Lipinski definition) is 6. The highest BCUT2D eigenvalue weighted by molar-refractivity contribution is 5.88. The highest BCUT2D eigenvalue weighted by atomic mass is 16.6. The molecule has 8 heteroatoms. The van der Waals surface area contributed by atoms with Crippen LogP contribution >= 0.6 is 0 Å².